The van der Waals surface area contributed by atoms with E-state index in [4.69, 9.17) is 21.1 Å². The van der Waals surface area contributed by atoms with Gasteiger partial charge < -0.3 is 9.47 Å². The molecule has 0 radical (unpaired) electrons. The molecule has 2 atom stereocenters. The van der Waals surface area contributed by atoms with E-state index in [0.29, 0.717) is 28.6 Å². The predicted molar refractivity (Wildman–Crippen MR) is 94.6 cm³/mol. The Morgan fingerprint density at radius 3 is 2.96 bits per heavy atom. The number of hydrogen-bond acceptors (Lipinski definition) is 5. The normalized spacial score (nSPS) is 22.4. The Kier molecular flexibility index (Phi) is 5.23. The first-order valence-electron chi connectivity index (χ1n) is 8.40. The first-order chi connectivity index (χ1) is 12.0. The minimum absolute atomic E-state index is 0.139. The molecule has 0 aromatic heterocycles. The number of cyclic esters (lactones) is 1. The summed E-state index contributed by atoms with van der Waals surface area (Å²) in [5.74, 6) is -1.94. The molecule has 0 N–H and O–H groups in total. The molecular weight excluding hydrogens is 342 g/mol. The number of halogens is 1. The summed E-state index contributed by atoms with van der Waals surface area (Å²) in [5, 5.41) is 0.546. The standard InChI is InChI=1S/C19H20ClNO4/c1-3-4-8-24-18(22)15-11(2)21-14-10-25-19(23)17(14)16(15)12-6-5-7-13(20)9-12/h5-7,9,15-16H,3-4,8,10H2,1-2H3. The average Bonchev–Trinajstić information content (AvgIpc) is 2.94. The van der Waals surface area contributed by atoms with Crippen molar-refractivity contribution in [2.24, 2.45) is 10.9 Å². The minimum Gasteiger partial charge on any atom is -0.465 e. The largest absolute Gasteiger partial charge is 0.465 e. The van der Waals surface area contributed by atoms with Gasteiger partial charge in [0.05, 0.1) is 17.9 Å². The second kappa shape index (κ2) is 7.40. The zero-order chi connectivity index (χ0) is 18.0. The van der Waals surface area contributed by atoms with Crippen molar-refractivity contribution >= 4 is 29.3 Å². The smallest absolute Gasteiger partial charge is 0.337 e. The number of rotatable bonds is 5. The maximum atomic E-state index is 12.7. The molecular formula is C19H20ClNO4. The Labute approximate surface area is 151 Å². The Hall–Kier alpha value is -2.14. The van der Waals surface area contributed by atoms with Crippen LogP contribution in [0.3, 0.4) is 0 Å². The molecule has 6 heteroatoms. The van der Waals surface area contributed by atoms with E-state index in [0.717, 1.165) is 18.4 Å². The number of nitrogens with zero attached hydrogens (tertiary/aromatic N) is 1. The highest BCUT2D eigenvalue weighted by molar-refractivity contribution is 6.30. The van der Waals surface area contributed by atoms with Gasteiger partial charge in [0, 0.05) is 16.7 Å². The van der Waals surface area contributed by atoms with Gasteiger partial charge in [-0.25, -0.2) is 4.79 Å². The number of benzene rings is 1. The number of unbranched alkanes of at least 4 members (excludes halogenated alkanes) is 1. The second-order valence-corrected chi connectivity index (χ2v) is 6.66. The Morgan fingerprint density at radius 2 is 2.24 bits per heavy atom. The van der Waals surface area contributed by atoms with Crippen LogP contribution in [0.2, 0.25) is 5.02 Å². The van der Waals surface area contributed by atoms with E-state index in [1.165, 1.54) is 0 Å². The predicted octanol–water partition coefficient (Wildman–Crippen LogP) is 3.67. The first-order valence-corrected chi connectivity index (χ1v) is 8.78. The molecule has 2 unspecified atom stereocenters. The third-order valence-corrected chi connectivity index (χ3v) is 4.72. The summed E-state index contributed by atoms with van der Waals surface area (Å²) in [6, 6.07) is 7.19. The summed E-state index contributed by atoms with van der Waals surface area (Å²) >= 11 is 6.13. The summed E-state index contributed by atoms with van der Waals surface area (Å²) in [4.78, 5) is 29.5. The molecule has 2 aliphatic heterocycles. The van der Waals surface area contributed by atoms with Crippen LogP contribution in [0.1, 0.15) is 38.2 Å². The topological polar surface area (TPSA) is 65.0 Å². The fourth-order valence-electron chi connectivity index (χ4n) is 3.27. The molecule has 0 spiro atoms. The van der Waals surface area contributed by atoms with Crippen LogP contribution in [0.4, 0.5) is 0 Å². The van der Waals surface area contributed by atoms with E-state index in [2.05, 4.69) is 4.99 Å². The summed E-state index contributed by atoms with van der Waals surface area (Å²) in [6.45, 7) is 4.31. The van der Waals surface area contributed by atoms with Crippen molar-refractivity contribution in [1.29, 1.82) is 0 Å². The van der Waals surface area contributed by atoms with Crippen molar-refractivity contribution in [1.82, 2.24) is 0 Å². The zero-order valence-electron chi connectivity index (χ0n) is 14.3. The fraction of sp³-hybridized carbons (Fsp3) is 0.421. The zero-order valence-corrected chi connectivity index (χ0v) is 15.0. The van der Waals surface area contributed by atoms with Crippen molar-refractivity contribution in [3.05, 3.63) is 46.1 Å². The lowest BCUT2D eigenvalue weighted by molar-refractivity contribution is -0.146. The van der Waals surface area contributed by atoms with Crippen molar-refractivity contribution in [2.75, 3.05) is 13.2 Å². The van der Waals surface area contributed by atoms with Crippen LogP contribution in [0.25, 0.3) is 0 Å². The molecule has 0 aliphatic carbocycles. The molecule has 1 aromatic carbocycles. The number of carbonyl (C=O) groups excluding carboxylic acids is 2. The van der Waals surface area contributed by atoms with Gasteiger partial charge in [0.2, 0.25) is 0 Å². The molecule has 0 saturated carbocycles. The van der Waals surface area contributed by atoms with Gasteiger partial charge in [0.15, 0.2) is 0 Å². The molecule has 1 aromatic rings. The molecule has 0 amide bonds. The molecule has 0 fully saturated rings. The highest BCUT2D eigenvalue weighted by Crippen LogP contribution is 2.42. The number of hydrogen-bond donors (Lipinski definition) is 0. The van der Waals surface area contributed by atoms with Gasteiger partial charge in [-0.1, -0.05) is 37.1 Å². The molecule has 132 valence electrons. The van der Waals surface area contributed by atoms with Crippen LogP contribution in [0.15, 0.2) is 40.5 Å². The average molecular weight is 362 g/mol. The monoisotopic (exact) mass is 361 g/mol. The highest BCUT2D eigenvalue weighted by atomic mass is 35.5. The van der Waals surface area contributed by atoms with E-state index in [-0.39, 0.29) is 12.6 Å². The van der Waals surface area contributed by atoms with Crippen molar-refractivity contribution < 1.29 is 19.1 Å². The molecule has 2 heterocycles. The molecule has 0 saturated heterocycles. The van der Waals surface area contributed by atoms with Crippen LogP contribution in [-0.2, 0) is 19.1 Å². The second-order valence-electron chi connectivity index (χ2n) is 6.22. The SMILES string of the molecule is CCCCOC(=O)C1C(C)=NC2=C(C(=O)OC2)C1c1cccc(Cl)c1. The van der Waals surface area contributed by atoms with Gasteiger partial charge in [-0.2, -0.15) is 0 Å². The number of ether oxygens (including phenoxy) is 2. The number of aliphatic imine (C=N–C) groups is 1. The van der Waals surface area contributed by atoms with Crippen molar-refractivity contribution in [2.45, 2.75) is 32.6 Å². The van der Waals surface area contributed by atoms with E-state index in [1.54, 1.807) is 25.1 Å². The summed E-state index contributed by atoms with van der Waals surface area (Å²) in [6.07, 6.45) is 1.73. The third-order valence-electron chi connectivity index (χ3n) is 4.48. The molecule has 2 aliphatic rings. The van der Waals surface area contributed by atoms with E-state index in [1.807, 2.05) is 13.0 Å². The Bertz CT molecular complexity index is 768. The van der Waals surface area contributed by atoms with Gasteiger partial charge in [-0.05, 0) is 31.0 Å². The summed E-state index contributed by atoms with van der Waals surface area (Å²) in [5.41, 5.74) is 2.43. The Balaban J connectivity index is 2.01. The maximum Gasteiger partial charge on any atom is 0.337 e. The lowest BCUT2D eigenvalue weighted by Crippen LogP contribution is -2.35. The van der Waals surface area contributed by atoms with Gasteiger partial charge >= 0.3 is 11.9 Å². The van der Waals surface area contributed by atoms with E-state index >= 15 is 0 Å². The summed E-state index contributed by atoms with van der Waals surface area (Å²) < 4.78 is 10.6. The quantitative estimate of drug-likeness (QED) is 0.593. The molecule has 0 bridgehead atoms. The molecule has 5 nitrogen and oxygen atoms in total. The van der Waals surface area contributed by atoms with Crippen LogP contribution in [0.5, 0.6) is 0 Å². The van der Waals surface area contributed by atoms with Crippen LogP contribution >= 0.6 is 11.6 Å². The highest BCUT2D eigenvalue weighted by Gasteiger charge is 2.45. The maximum absolute atomic E-state index is 12.7. The van der Waals surface area contributed by atoms with Crippen LogP contribution in [0, 0.1) is 5.92 Å². The van der Waals surface area contributed by atoms with Crippen LogP contribution < -0.4 is 0 Å². The van der Waals surface area contributed by atoms with E-state index < -0.39 is 17.8 Å². The first kappa shape index (κ1) is 17.7. The van der Waals surface area contributed by atoms with Crippen molar-refractivity contribution in [3.8, 4) is 0 Å². The minimum atomic E-state index is -0.653. The van der Waals surface area contributed by atoms with Gasteiger partial charge in [-0.15, -0.1) is 0 Å². The van der Waals surface area contributed by atoms with Crippen LogP contribution in [-0.4, -0.2) is 30.9 Å². The molecule has 25 heavy (non-hydrogen) atoms. The van der Waals surface area contributed by atoms with Gasteiger partial charge in [-0.3, -0.25) is 9.79 Å². The van der Waals surface area contributed by atoms with E-state index in [9.17, 15) is 9.59 Å². The fourth-order valence-corrected chi connectivity index (χ4v) is 3.47. The number of carbonyl (C=O) groups is 2. The molecule has 3 rings (SSSR count). The third kappa shape index (κ3) is 3.47. The van der Waals surface area contributed by atoms with Gasteiger partial charge in [0.25, 0.3) is 0 Å². The summed E-state index contributed by atoms with van der Waals surface area (Å²) in [7, 11) is 0. The lowest BCUT2D eigenvalue weighted by Gasteiger charge is -2.29. The lowest BCUT2D eigenvalue weighted by atomic mass is 9.76. The Morgan fingerprint density at radius 1 is 1.44 bits per heavy atom. The van der Waals surface area contributed by atoms with Crippen molar-refractivity contribution in [3.63, 3.8) is 0 Å². The number of esters is 2. The van der Waals surface area contributed by atoms with Gasteiger partial charge in [0.1, 0.15) is 12.5 Å².